The standard InChI is InChI=1S/C27H26N2O2S/c1-19-10-15-25(20(2)17-19)31-16-6-9-26(30)29-27-28-24(18-32-27)23-13-11-22(12-14-23)21-7-4-3-5-8-21/h3-5,7-8,10-15,17-18H,6,9,16H2,1-2H3,(H,28,29,30). The van der Waals surface area contributed by atoms with Gasteiger partial charge in [0.1, 0.15) is 5.75 Å². The number of ether oxygens (including phenoxy) is 1. The highest BCUT2D eigenvalue weighted by atomic mass is 32.1. The minimum atomic E-state index is -0.0467. The molecular weight excluding hydrogens is 416 g/mol. The second-order valence-corrected chi connectivity index (χ2v) is 8.61. The number of carbonyl (C=O) groups excluding carboxylic acids is 1. The number of rotatable bonds is 8. The Morgan fingerprint density at radius 3 is 2.41 bits per heavy atom. The van der Waals surface area contributed by atoms with Gasteiger partial charge < -0.3 is 10.1 Å². The number of nitrogens with zero attached hydrogens (tertiary/aromatic N) is 1. The summed E-state index contributed by atoms with van der Waals surface area (Å²) in [6.45, 7) is 4.60. The molecule has 0 fully saturated rings. The predicted molar refractivity (Wildman–Crippen MR) is 132 cm³/mol. The first kappa shape index (κ1) is 21.8. The Bertz CT molecular complexity index is 1180. The molecule has 5 heteroatoms. The molecule has 0 aliphatic carbocycles. The summed E-state index contributed by atoms with van der Waals surface area (Å²) in [5.41, 5.74) is 6.57. The van der Waals surface area contributed by atoms with Gasteiger partial charge in [0, 0.05) is 17.4 Å². The molecule has 4 rings (SSSR count). The summed E-state index contributed by atoms with van der Waals surface area (Å²) in [4.78, 5) is 16.9. The Kier molecular flexibility index (Phi) is 6.97. The molecule has 0 saturated heterocycles. The van der Waals surface area contributed by atoms with Gasteiger partial charge >= 0.3 is 0 Å². The lowest BCUT2D eigenvalue weighted by Gasteiger charge is -2.09. The first-order chi connectivity index (χ1) is 15.6. The van der Waals surface area contributed by atoms with Gasteiger partial charge in [-0.1, -0.05) is 72.3 Å². The van der Waals surface area contributed by atoms with E-state index in [1.165, 1.54) is 28.0 Å². The number of aryl methyl sites for hydroxylation is 2. The van der Waals surface area contributed by atoms with Crippen LogP contribution in [-0.2, 0) is 4.79 Å². The van der Waals surface area contributed by atoms with Crippen molar-refractivity contribution in [3.8, 4) is 28.1 Å². The second kappa shape index (κ2) is 10.2. The third-order valence-electron chi connectivity index (χ3n) is 5.17. The molecule has 0 saturated carbocycles. The van der Waals surface area contributed by atoms with Gasteiger partial charge in [-0.05, 0) is 43.0 Å². The molecule has 1 N–H and O–H groups in total. The van der Waals surface area contributed by atoms with Crippen LogP contribution in [0.25, 0.3) is 22.4 Å². The molecule has 0 aliphatic heterocycles. The third-order valence-corrected chi connectivity index (χ3v) is 5.93. The number of thiazole rings is 1. The van der Waals surface area contributed by atoms with Gasteiger partial charge in [-0.15, -0.1) is 11.3 Å². The molecule has 4 nitrogen and oxygen atoms in total. The quantitative estimate of drug-likeness (QED) is 0.302. The number of benzene rings is 3. The van der Waals surface area contributed by atoms with Crippen molar-refractivity contribution in [3.63, 3.8) is 0 Å². The minimum Gasteiger partial charge on any atom is -0.493 e. The van der Waals surface area contributed by atoms with Gasteiger partial charge in [-0.2, -0.15) is 0 Å². The first-order valence-electron chi connectivity index (χ1n) is 10.7. The topological polar surface area (TPSA) is 51.2 Å². The average Bonchev–Trinajstić information content (AvgIpc) is 3.27. The van der Waals surface area contributed by atoms with Crippen molar-refractivity contribution in [2.45, 2.75) is 26.7 Å². The molecule has 0 spiro atoms. The van der Waals surface area contributed by atoms with E-state index in [0.717, 1.165) is 22.6 Å². The zero-order valence-electron chi connectivity index (χ0n) is 18.3. The summed E-state index contributed by atoms with van der Waals surface area (Å²) in [5.74, 6) is 0.827. The van der Waals surface area contributed by atoms with E-state index in [0.29, 0.717) is 24.6 Å². The van der Waals surface area contributed by atoms with Crippen LogP contribution in [0.3, 0.4) is 0 Å². The van der Waals surface area contributed by atoms with Gasteiger partial charge in [-0.25, -0.2) is 4.98 Å². The van der Waals surface area contributed by atoms with Crippen LogP contribution in [0.1, 0.15) is 24.0 Å². The van der Waals surface area contributed by atoms with Crippen molar-refractivity contribution in [1.82, 2.24) is 4.98 Å². The highest BCUT2D eigenvalue weighted by Crippen LogP contribution is 2.28. The van der Waals surface area contributed by atoms with E-state index in [9.17, 15) is 4.79 Å². The van der Waals surface area contributed by atoms with Crippen molar-refractivity contribution in [1.29, 1.82) is 0 Å². The van der Waals surface area contributed by atoms with Crippen LogP contribution in [-0.4, -0.2) is 17.5 Å². The first-order valence-corrected chi connectivity index (χ1v) is 11.6. The van der Waals surface area contributed by atoms with Crippen LogP contribution < -0.4 is 10.1 Å². The minimum absolute atomic E-state index is 0.0467. The zero-order chi connectivity index (χ0) is 22.3. The summed E-state index contributed by atoms with van der Waals surface area (Å²) >= 11 is 1.44. The Balaban J connectivity index is 1.27. The predicted octanol–water partition coefficient (Wildman–Crippen LogP) is 6.89. The monoisotopic (exact) mass is 442 g/mol. The number of anilines is 1. The fraction of sp³-hybridized carbons (Fsp3) is 0.185. The molecule has 0 aliphatic rings. The highest BCUT2D eigenvalue weighted by Gasteiger charge is 2.09. The molecule has 0 bridgehead atoms. The average molecular weight is 443 g/mol. The smallest absolute Gasteiger partial charge is 0.226 e. The van der Waals surface area contributed by atoms with E-state index in [1.54, 1.807) is 0 Å². The number of hydrogen-bond acceptors (Lipinski definition) is 4. The molecule has 1 amide bonds. The molecular formula is C27H26N2O2S. The summed E-state index contributed by atoms with van der Waals surface area (Å²) in [6.07, 6.45) is 1.05. The van der Waals surface area contributed by atoms with Crippen LogP contribution in [0.5, 0.6) is 5.75 Å². The molecule has 32 heavy (non-hydrogen) atoms. The van der Waals surface area contributed by atoms with E-state index >= 15 is 0 Å². The lowest BCUT2D eigenvalue weighted by Crippen LogP contribution is -2.12. The van der Waals surface area contributed by atoms with Crippen LogP contribution in [0.4, 0.5) is 5.13 Å². The second-order valence-electron chi connectivity index (χ2n) is 7.75. The van der Waals surface area contributed by atoms with Gasteiger partial charge in [-0.3, -0.25) is 4.79 Å². The maximum absolute atomic E-state index is 12.3. The Labute approximate surface area is 192 Å². The largest absolute Gasteiger partial charge is 0.493 e. The lowest BCUT2D eigenvalue weighted by molar-refractivity contribution is -0.116. The van der Waals surface area contributed by atoms with Gasteiger partial charge in [0.25, 0.3) is 0 Å². The van der Waals surface area contributed by atoms with E-state index < -0.39 is 0 Å². The maximum atomic E-state index is 12.3. The molecule has 1 aromatic heterocycles. The molecule has 1 heterocycles. The normalized spacial score (nSPS) is 10.7. The summed E-state index contributed by atoms with van der Waals surface area (Å²) in [5, 5.41) is 5.49. The van der Waals surface area contributed by atoms with Crippen molar-refractivity contribution in [2.75, 3.05) is 11.9 Å². The number of hydrogen-bond donors (Lipinski definition) is 1. The lowest BCUT2D eigenvalue weighted by atomic mass is 10.0. The SMILES string of the molecule is Cc1ccc(OCCCC(=O)Nc2nc(-c3ccc(-c4ccccc4)cc3)cs2)c(C)c1. The molecule has 0 radical (unpaired) electrons. The van der Waals surface area contributed by atoms with E-state index in [-0.39, 0.29) is 5.91 Å². The van der Waals surface area contributed by atoms with Crippen LogP contribution in [0, 0.1) is 13.8 Å². The van der Waals surface area contributed by atoms with Gasteiger partial charge in [0.05, 0.1) is 12.3 Å². The number of nitrogens with one attached hydrogen (secondary N) is 1. The van der Waals surface area contributed by atoms with Crippen molar-refractivity contribution in [2.24, 2.45) is 0 Å². The summed E-state index contributed by atoms with van der Waals surface area (Å²) in [6, 6.07) is 24.7. The number of aromatic nitrogens is 1. The van der Waals surface area contributed by atoms with E-state index in [2.05, 4.69) is 59.7 Å². The molecule has 3 aromatic carbocycles. The van der Waals surface area contributed by atoms with Crippen molar-refractivity contribution in [3.05, 3.63) is 89.3 Å². The number of carbonyl (C=O) groups is 1. The van der Waals surface area contributed by atoms with E-state index in [4.69, 9.17) is 4.74 Å². The fourth-order valence-electron chi connectivity index (χ4n) is 3.49. The van der Waals surface area contributed by atoms with Gasteiger partial charge in [0.15, 0.2) is 5.13 Å². The molecule has 0 unspecified atom stereocenters. The Morgan fingerprint density at radius 2 is 1.66 bits per heavy atom. The fourth-order valence-corrected chi connectivity index (χ4v) is 4.22. The van der Waals surface area contributed by atoms with Crippen LogP contribution in [0.15, 0.2) is 78.2 Å². The Morgan fingerprint density at radius 1 is 0.938 bits per heavy atom. The highest BCUT2D eigenvalue weighted by molar-refractivity contribution is 7.14. The van der Waals surface area contributed by atoms with Crippen LogP contribution in [0.2, 0.25) is 0 Å². The van der Waals surface area contributed by atoms with E-state index in [1.807, 2.05) is 42.6 Å². The molecule has 4 aromatic rings. The zero-order valence-corrected chi connectivity index (χ0v) is 19.1. The van der Waals surface area contributed by atoms with Crippen LogP contribution >= 0.6 is 11.3 Å². The maximum Gasteiger partial charge on any atom is 0.226 e. The van der Waals surface area contributed by atoms with Crippen molar-refractivity contribution < 1.29 is 9.53 Å². The summed E-state index contributed by atoms with van der Waals surface area (Å²) < 4.78 is 5.80. The number of amides is 1. The molecule has 0 atom stereocenters. The van der Waals surface area contributed by atoms with Gasteiger partial charge in [0.2, 0.25) is 5.91 Å². The molecule has 162 valence electrons. The third kappa shape index (κ3) is 5.62. The summed E-state index contributed by atoms with van der Waals surface area (Å²) in [7, 11) is 0. The Hall–Kier alpha value is -3.44. The van der Waals surface area contributed by atoms with Crippen molar-refractivity contribution >= 4 is 22.4 Å².